The molecule has 0 atom stereocenters. The zero-order chi connectivity index (χ0) is 17.6. The Hall–Kier alpha value is -3.12. The van der Waals surface area contributed by atoms with Crippen molar-refractivity contribution in [2.24, 2.45) is 0 Å². The minimum absolute atomic E-state index is 0.177. The van der Waals surface area contributed by atoms with Gasteiger partial charge in [-0.25, -0.2) is 4.79 Å². The summed E-state index contributed by atoms with van der Waals surface area (Å²) < 4.78 is 10.4. The Balaban J connectivity index is 1.62. The number of anilines is 1. The molecule has 1 amide bonds. The number of rotatable bonds is 5. The summed E-state index contributed by atoms with van der Waals surface area (Å²) in [5.74, 6) is 0.469. The van der Waals surface area contributed by atoms with Gasteiger partial charge in [0.05, 0.1) is 17.6 Å². The second-order valence-corrected chi connectivity index (χ2v) is 6.02. The monoisotopic (exact) mass is 353 g/mol. The zero-order valence-corrected chi connectivity index (χ0v) is 14.2. The number of amides is 1. The number of hydrogen-bond donors (Lipinski definition) is 1. The Morgan fingerprint density at radius 1 is 0.920 bits per heavy atom. The lowest BCUT2D eigenvalue weighted by Crippen LogP contribution is -2.11. The molecule has 3 rings (SSSR count). The molecular formula is C19H15NO4S. The molecule has 0 saturated carbocycles. The van der Waals surface area contributed by atoms with Gasteiger partial charge in [-0.3, -0.25) is 4.79 Å². The van der Waals surface area contributed by atoms with E-state index in [0.717, 1.165) is 0 Å². The molecular weight excluding hydrogens is 338 g/mol. The molecule has 0 radical (unpaired) electrons. The van der Waals surface area contributed by atoms with Crippen molar-refractivity contribution in [3.63, 3.8) is 0 Å². The van der Waals surface area contributed by atoms with E-state index >= 15 is 0 Å². The molecule has 6 heteroatoms. The van der Waals surface area contributed by atoms with Crippen LogP contribution in [0.1, 0.15) is 20.0 Å². The molecule has 0 bridgehead atoms. The van der Waals surface area contributed by atoms with Crippen LogP contribution in [-0.2, 0) is 0 Å². The molecule has 0 aliphatic carbocycles. The maximum absolute atomic E-state index is 12.1. The summed E-state index contributed by atoms with van der Waals surface area (Å²) in [6.45, 7) is 0. The van der Waals surface area contributed by atoms with Gasteiger partial charge in [0, 0.05) is 5.69 Å². The van der Waals surface area contributed by atoms with E-state index in [4.69, 9.17) is 9.47 Å². The van der Waals surface area contributed by atoms with E-state index in [-0.39, 0.29) is 5.91 Å². The number of esters is 1. The van der Waals surface area contributed by atoms with Crippen LogP contribution in [0, 0.1) is 0 Å². The Kier molecular flexibility index (Phi) is 5.11. The van der Waals surface area contributed by atoms with E-state index in [9.17, 15) is 9.59 Å². The van der Waals surface area contributed by atoms with Crippen molar-refractivity contribution in [3.05, 3.63) is 76.5 Å². The first kappa shape index (κ1) is 16.7. The van der Waals surface area contributed by atoms with Gasteiger partial charge in [0.2, 0.25) is 0 Å². The Morgan fingerprint density at radius 2 is 1.60 bits per heavy atom. The molecule has 126 valence electrons. The summed E-state index contributed by atoms with van der Waals surface area (Å²) >= 11 is 1.37. The summed E-state index contributed by atoms with van der Waals surface area (Å²) in [5.41, 5.74) is 1.00. The van der Waals surface area contributed by atoms with Crippen LogP contribution < -0.4 is 14.8 Å². The van der Waals surface area contributed by atoms with Gasteiger partial charge in [-0.1, -0.05) is 6.07 Å². The molecule has 0 fully saturated rings. The average molecular weight is 353 g/mol. The van der Waals surface area contributed by atoms with Gasteiger partial charge in [0.15, 0.2) is 0 Å². The Labute approximate surface area is 148 Å². The van der Waals surface area contributed by atoms with E-state index in [1.807, 2.05) is 11.4 Å². The number of carbonyl (C=O) groups excluding carboxylic acids is 2. The smallest absolute Gasteiger partial charge is 0.343 e. The van der Waals surface area contributed by atoms with Crippen LogP contribution in [0.5, 0.6) is 11.5 Å². The number of benzene rings is 2. The maximum atomic E-state index is 12.1. The van der Waals surface area contributed by atoms with Crippen LogP contribution in [0.4, 0.5) is 5.69 Å². The quantitative estimate of drug-likeness (QED) is 0.551. The van der Waals surface area contributed by atoms with Gasteiger partial charge in [-0.2, -0.15) is 0 Å². The SMILES string of the molecule is COc1ccc(OC(=O)c2ccc(NC(=O)c3cccs3)cc2)cc1. The van der Waals surface area contributed by atoms with Crippen LogP contribution in [0.25, 0.3) is 0 Å². The summed E-state index contributed by atoms with van der Waals surface area (Å²) in [7, 11) is 1.57. The van der Waals surface area contributed by atoms with E-state index in [1.165, 1.54) is 11.3 Å². The highest BCUT2D eigenvalue weighted by atomic mass is 32.1. The molecule has 0 aliphatic heterocycles. The molecule has 1 N–H and O–H groups in total. The number of carbonyl (C=O) groups is 2. The first-order chi connectivity index (χ1) is 12.2. The van der Waals surface area contributed by atoms with E-state index < -0.39 is 5.97 Å². The third-order valence-corrected chi connectivity index (χ3v) is 4.26. The van der Waals surface area contributed by atoms with Crippen LogP contribution >= 0.6 is 11.3 Å². The predicted octanol–water partition coefficient (Wildman–Crippen LogP) is 4.23. The molecule has 25 heavy (non-hydrogen) atoms. The van der Waals surface area contributed by atoms with Gasteiger partial charge >= 0.3 is 5.97 Å². The molecule has 2 aromatic carbocycles. The molecule has 3 aromatic rings. The second kappa shape index (κ2) is 7.63. The summed E-state index contributed by atoms with van der Waals surface area (Å²) in [6.07, 6.45) is 0. The summed E-state index contributed by atoms with van der Waals surface area (Å²) in [4.78, 5) is 24.8. The zero-order valence-electron chi connectivity index (χ0n) is 13.4. The average Bonchev–Trinajstić information content (AvgIpc) is 3.18. The highest BCUT2D eigenvalue weighted by Gasteiger charge is 2.10. The van der Waals surface area contributed by atoms with Crippen molar-refractivity contribution in [1.29, 1.82) is 0 Å². The Bertz CT molecular complexity index is 855. The molecule has 1 heterocycles. The standard InChI is InChI=1S/C19H15NO4S/c1-23-15-8-10-16(11-9-15)24-19(22)13-4-6-14(7-5-13)20-18(21)17-3-2-12-25-17/h2-12H,1H3,(H,20,21). The van der Waals surface area contributed by atoms with Crippen molar-refractivity contribution in [3.8, 4) is 11.5 Å². The first-order valence-electron chi connectivity index (χ1n) is 7.47. The van der Waals surface area contributed by atoms with Gasteiger partial charge in [0.1, 0.15) is 11.5 Å². The number of hydrogen-bond acceptors (Lipinski definition) is 5. The fraction of sp³-hybridized carbons (Fsp3) is 0.0526. The van der Waals surface area contributed by atoms with Crippen LogP contribution in [0.3, 0.4) is 0 Å². The van der Waals surface area contributed by atoms with E-state index in [1.54, 1.807) is 61.7 Å². The largest absolute Gasteiger partial charge is 0.497 e. The second-order valence-electron chi connectivity index (χ2n) is 5.07. The maximum Gasteiger partial charge on any atom is 0.343 e. The summed E-state index contributed by atoms with van der Waals surface area (Å²) in [5, 5.41) is 4.62. The predicted molar refractivity (Wildman–Crippen MR) is 96.7 cm³/mol. The van der Waals surface area contributed by atoms with Crippen LogP contribution in [0.2, 0.25) is 0 Å². The molecule has 0 spiro atoms. The molecule has 1 aromatic heterocycles. The van der Waals surface area contributed by atoms with Crippen molar-refractivity contribution >= 4 is 28.9 Å². The first-order valence-corrected chi connectivity index (χ1v) is 8.35. The lowest BCUT2D eigenvalue weighted by Gasteiger charge is -2.07. The lowest BCUT2D eigenvalue weighted by atomic mass is 10.2. The number of ether oxygens (including phenoxy) is 2. The highest BCUT2D eigenvalue weighted by Crippen LogP contribution is 2.19. The third kappa shape index (κ3) is 4.24. The van der Waals surface area contributed by atoms with Gasteiger partial charge in [-0.15, -0.1) is 11.3 Å². The van der Waals surface area contributed by atoms with E-state index in [0.29, 0.717) is 27.6 Å². The molecule has 0 unspecified atom stereocenters. The minimum atomic E-state index is -0.471. The normalized spacial score (nSPS) is 10.1. The van der Waals surface area contributed by atoms with Gasteiger partial charge in [-0.05, 0) is 60.0 Å². The third-order valence-electron chi connectivity index (χ3n) is 3.39. The number of nitrogens with one attached hydrogen (secondary N) is 1. The molecule has 0 aliphatic rings. The minimum Gasteiger partial charge on any atom is -0.497 e. The van der Waals surface area contributed by atoms with Crippen molar-refractivity contribution in [2.45, 2.75) is 0 Å². The topological polar surface area (TPSA) is 64.6 Å². The molecule has 5 nitrogen and oxygen atoms in total. The van der Waals surface area contributed by atoms with Gasteiger partial charge in [0.25, 0.3) is 5.91 Å². The van der Waals surface area contributed by atoms with Crippen molar-refractivity contribution in [1.82, 2.24) is 0 Å². The summed E-state index contributed by atoms with van der Waals surface area (Å²) in [6, 6.07) is 16.9. The van der Waals surface area contributed by atoms with Gasteiger partial charge < -0.3 is 14.8 Å². The molecule has 0 saturated heterocycles. The van der Waals surface area contributed by atoms with E-state index in [2.05, 4.69) is 5.32 Å². The highest BCUT2D eigenvalue weighted by molar-refractivity contribution is 7.12. The number of thiophene rings is 1. The Morgan fingerprint density at radius 3 is 2.20 bits per heavy atom. The van der Waals surface area contributed by atoms with Crippen molar-refractivity contribution < 1.29 is 19.1 Å². The fourth-order valence-corrected chi connectivity index (χ4v) is 2.72. The van der Waals surface area contributed by atoms with Crippen LogP contribution in [0.15, 0.2) is 66.0 Å². The van der Waals surface area contributed by atoms with Crippen molar-refractivity contribution in [2.75, 3.05) is 12.4 Å². The van der Waals surface area contributed by atoms with Crippen LogP contribution in [-0.4, -0.2) is 19.0 Å². The fourth-order valence-electron chi connectivity index (χ4n) is 2.10. The number of methoxy groups -OCH3 is 1. The lowest BCUT2D eigenvalue weighted by molar-refractivity contribution is 0.0734.